The number of rotatable bonds is 2. The summed E-state index contributed by atoms with van der Waals surface area (Å²) in [6.45, 7) is 7.55. The molecule has 5 aliphatic carbocycles. The third kappa shape index (κ3) is 1.99. The normalized spacial score (nSPS) is 50.6. The van der Waals surface area contributed by atoms with Gasteiger partial charge in [-0.1, -0.05) is 26.0 Å². The van der Waals surface area contributed by atoms with Gasteiger partial charge in [0.2, 0.25) is 0 Å². The molecule has 3 fully saturated rings. The van der Waals surface area contributed by atoms with Crippen molar-refractivity contribution in [1.82, 2.24) is 0 Å². The molecule has 150 valence electrons. The number of fused-ring (bicyclic) bond motifs is 7. The monoisotopic (exact) mass is 382 g/mol. The Labute approximate surface area is 166 Å². The Morgan fingerprint density at radius 1 is 1.07 bits per heavy atom. The third-order valence-electron chi connectivity index (χ3n) is 9.45. The lowest BCUT2D eigenvalue weighted by Gasteiger charge is -2.57. The van der Waals surface area contributed by atoms with Crippen LogP contribution < -0.4 is 0 Å². The summed E-state index contributed by atoms with van der Waals surface area (Å²) in [6, 6.07) is 0. The van der Waals surface area contributed by atoms with Crippen molar-refractivity contribution in [2.24, 2.45) is 40.4 Å². The van der Waals surface area contributed by atoms with Crippen molar-refractivity contribution < 1.29 is 19.1 Å². The molecule has 0 unspecified atom stereocenters. The summed E-state index contributed by atoms with van der Waals surface area (Å²) in [4.78, 5) is 37.0. The van der Waals surface area contributed by atoms with E-state index in [0.717, 1.165) is 25.7 Å². The molecule has 4 heteroatoms. The topological polar surface area (TPSA) is 60.4 Å². The van der Waals surface area contributed by atoms with Gasteiger partial charge in [-0.2, -0.15) is 0 Å². The van der Waals surface area contributed by atoms with E-state index < -0.39 is 5.60 Å². The Balaban J connectivity index is 1.56. The number of ether oxygens (including phenoxy) is 1. The Hall–Kier alpha value is -1.71. The average Bonchev–Trinajstić information content (AvgIpc) is 3.37. The minimum Gasteiger partial charge on any atom is -0.451 e. The number of esters is 1. The molecule has 0 bridgehead atoms. The SMILES string of the molecule is CC(=O)O[C@]1(C(C)=O)CC[C@@H]2[C@H]3C=CC4=CC(=O)[C@@H]5C[C@@H]5[C@]4(C)[C@H]3CC[C@@]21C. The van der Waals surface area contributed by atoms with Crippen LogP contribution in [0.5, 0.6) is 0 Å². The number of Topliss-reactive ketones (excluding diaryl/α,β-unsaturated/α-hetero) is 1. The second-order valence-corrected chi connectivity index (χ2v) is 10.4. The van der Waals surface area contributed by atoms with E-state index in [1.807, 2.05) is 6.08 Å². The quantitative estimate of drug-likeness (QED) is 0.676. The lowest BCUT2D eigenvalue weighted by atomic mass is 9.47. The van der Waals surface area contributed by atoms with Gasteiger partial charge in [0.25, 0.3) is 0 Å². The van der Waals surface area contributed by atoms with Gasteiger partial charge in [0.05, 0.1) is 0 Å². The van der Waals surface area contributed by atoms with Crippen LogP contribution in [0.3, 0.4) is 0 Å². The Morgan fingerprint density at radius 2 is 1.79 bits per heavy atom. The molecule has 3 saturated carbocycles. The van der Waals surface area contributed by atoms with Crippen LogP contribution in [-0.2, 0) is 19.1 Å². The highest BCUT2D eigenvalue weighted by Gasteiger charge is 2.69. The zero-order valence-corrected chi connectivity index (χ0v) is 17.3. The Kier molecular flexibility index (Phi) is 3.57. The minimum absolute atomic E-state index is 0.0109. The van der Waals surface area contributed by atoms with Crippen LogP contribution in [0.15, 0.2) is 23.8 Å². The van der Waals surface area contributed by atoms with E-state index >= 15 is 0 Å². The van der Waals surface area contributed by atoms with Gasteiger partial charge in [-0.05, 0) is 79.8 Å². The first-order valence-electron chi connectivity index (χ1n) is 10.8. The maximum absolute atomic E-state index is 12.8. The van der Waals surface area contributed by atoms with Crippen LogP contribution in [-0.4, -0.2) is 23.1 Å². The molecule has 0 saturated heterocycles. The molecule has 0 N–H and O–H groups in total. The second-order valence-electron chi connectivity index (χ2n) is 10.4. The molecule has 0 amide bonds. The predicted molar refractivity (Wildman–Crippen MR) is 104 cm³/mol. The van der Waals surface area contributed by atoms with Gasteiger partial charge in [-0.15, -0.1) is 0 Å². The molecule has 0 aliphatic heterocycles. The average molecular weight is 383 g/mol. The fourth-order valence-electron chi connectivity index (χ4n) is 7.96. The minimum atomic E-state index is -0.982. The number of hydrogen-bond donors (Lipinski definition) is 0. The second kappa shape index (κ2) is 5.46. The highest BCUT2D eigenvalue weighted by atomic mass is 16.6. The summed E-state index contributed by atoms with van der Waals surface area (Å²) in [5.41, 5.74) is -0.00957. The predicted octanol–water partition coefficient (Wildman–Crippen LogP) is 4.04. The van der Waals surface area contributed by atoms with Crippen LogP contribution in [0.4, 0.5) is 0 Å². The van der Waals surface area contributed by atoms with Crippen LogP contribution in [0, 0.1) is 40.4 Å². The highest BCUT2D eigenvalue weighted by Crippen LogP contribution is 2.71. The first-order valence-corrected chi connectivity index (χ1v) is 10.8. The van der Waals surface area contributed by atoms with E-state index in [1.54, 1.807) is 6.92 Å². The van der Waals surface area contributed by atoms with Gasteiger partial charge in [-0.3, -0.25) is 14.4 Å². The molecule has 8 atom stereocenters. The summed E-state index contributed by atoms with van der Waals surface area (Å²) in [6.07, 6.45) is 10.9. The zero-order chi connectivity index (χ0) is 20.1. The molecule has 0 aromatic rings. The summed E-state index contributed by atoms with van der Waals surface area (Å²) < 4.78 is 5.82. The van der Waals surface area contributed by atoms with Gasteiger partial charge in [0, 0.05) is 18.3 Å². The fourth-order valence-corrected chi connectivity index (χ4v) is 7.96. The Morgan fingerprint density at radius 3 is 2.46 bits per heavy atom. The van der Waals surface area contributed by atoms with Crippen molar-refractivity contribution in [3.05, 3.63) is 23.8 Å². The molecular weight excluding hydrogens is 352 g/mol. The van der Waals surface area contributed by atoms with E-state index in [9.17, 15) is 14.4 Å². The summed E-state index contributed by atoms with van der Waals surface area (Å²) in [5.74, 6) is 1.87. The van der Waals surface area contributed by atoms with Crippen molar-refractivity contribution in [3.63, 3.8) is 0 Å². The maximum Gasteiger partial charge on any atom is 0.303 e. The van der Waals surface area contributed by atoms with Gasteiger partial charge in [0.1, 0.15) is 0 Å². The molecule has 5 rings (SSSR count). The largest absolute Gasteiger partial charge is 0.451 e. The van der Waals surface area contributed by atoms with E-state index in [4.69, 9.17) is 4.74 Å². The fraction of sp³-hybridized carbons (Fsp3) is 0.708. The Bertz CT molecular complexity index is 853. The van der Waals surface area contributed by atoms with Crippen LogP contribution in [0.25, 0.3) is 0 Å². The number of carbonyl (C=O) groups excluding carboxylic acids is 3. The van der Waals surface area contributed by atoms with E-state index in [2.05, 4.69) is 26.0 Å². The van der Waals surface area contributed by atoms with Crippen molar-refractivity contribution >= 4 is 17.5 Å². The highest BCUT2D eigenvalue weighted by molar-refractivity contribution is 5.97. The standard InChI is InChI=1S/C24H30O4/c1-13(25)24(28-14(2)26)10-8-18-16-6-5-15-11-21(27)17-12-20(17)23(15,4)19(16)7-9-22(18,24)3/h5-6,11,16-20H,7-10,12H2,1-4H3/t16-,17-,18-,19+,20+,22+,23+,24+/m1/s1. The third-order valence-corrected chi connectivity index (χ3v) is 9.45. The lowest BCUT2D eigenvalue weighted by Crippen LogP contribution is -2.58. The molecule has 28 heavy (non-hydrogen) atoms. The van der Waals surface area contributed by atoms with Crippen molar-refractivity contribution in [2.45, 2.75) is 65.4 Å². The van der Waals surface area contributed by atoms with Crippen molar-refractivity contribution in [2.75, 3.05) is 0 Å². The lowest BCUT2D eigenvalue weighted by molar-refractivity contribution is -0.185. The molecule has 5 aliphatic rings. The first kappa shape index (κ1) is 18.3. The van der Waals surface area contributed by atoms with Crippen molar-refractivity contribution in [3.8, 4) is 0 Å². The summed E-state index contributed by atoms with van der Waals surface area (Å²) >= 11 is 0. The maximum atomic E-state index is 12.8. The molecule has 0 aromatic heterocycles. The molecule has 0 radical (unpaired) electrons. The summed E-state index contributed by atoms with van der Waals surface area (Å²) in [7, 11) is 0. The van der Waals surface area contributed by atoms with Gasteiger partial charge < -0.3 is 4.74 Å². The summed E-state index contributed by atoms with van der Waals surface area (Å²) in [5, 5.41) is 0. The van der Waals surface area contributed by atoms with Crippen LogP contribution in [0.2, 0.25) is 0 Å². The molecule has 4 nitrogen and oxygen atoms in total. The van der Waals surface area contributed by atoms with E-state index in [0.29, 0.717) is 35.9 Å². The van der Waals surface area contributed by atoms with Crippen LogP contribution >= 0.6 is 0 Å². The zero-order valence-electron chi connectivity index (χ0n) is 17.3. The molecule has 0 heterocycles. The van der Waals surface area contributed by atoms with Crippen LogP contribution in [0.1, 0.15) is 59.8 Å². The molecule has 0 aromatic carbocycles. The number of ketones is 2. The number of carbonyl (C=O) groups is 3. The smallest absolute Gasteiger partial charge is 0.303 e. The van der Waals surface area contributed by atoms with Gasteiger partial charge in [0.15, 0.2) is 17.2 Å². The number of allylic oxidation sites excluding steroid dienone is 4. The van der Waals surface area contributed by atoms with Gasteiger partial charge in [-0.25, -0.2) is 0 Å². The molecular formula is C24H30O4. The van der Waals surface area contributed by atoms with E-state index in [-0.39, 0.29) is 28.5 Å². The first-order chi connectivity index (χ1) is 13.1. The molecule has 0 spiro atoms. The van der Waals surface area contributed by atoms with Gasteiger partial charge >= 0.3 is 5.97 Å². The van der Waals surface area contributed by atoms with E-state index in [1.165, 1.54) is 12.5 Å². The van der Waals surface area contributed by atoms with Crippen molar-refractivity contribution in [1.29, 1.82) is 0 Å². The number of hydrogen-bond acceptors (Lipinski definition) is 4.